The van der Waals surface area contributed by atoms with Crippen LogP contribution in [0.5, 0.6) is 0 Å². The van der Waals surface area contributed by atoms with Crippen molar-refractivity contribution in [3.63, 3.8) is 0 Å². The molecule has 1 aliphatic heterocycles. The third-order valence-electron chi connectivity index (χ3n) is 3.62. The van der Waals surface area contributed by atoms with Crippen LogP contribution in [0.25, 0.3) is 0 Å². The predicted octanol–water partition coefficient (Wildman–Crippen LogP) is 0.630. The molecular formula is C15H17N5O3S2. The number of nitrogens with zero attached hydrogens (tertiary/aromatic N) is 2. The number of hydrogen-bond acceptors (Lipinski definition) is 7. The summed E-state index contributed by atoms with van der Waals surface area (Å²) in [7, 11) is -3.69. The standard InChI is InChI=1S/C15H17N5O3S2/c1-9-12(8-10-2-4-11(5-3-10)25(16,22)23)24-15(19-9)20-14(21)13-17-6-7-18-13/h2-5H,6-8H2,1H3,(H,17,18)(H2,16,22,23)(H,19,20,21). The highest BCUT2D eigenvalue weighted by molar-refractivity contribution is 7.89. The van der Waals surface area contributed by atoms with Crippen molar-refractivity contribution in [1.29, 1.82) is 0 Å². The van der Waals surface area contributed by atoms with Crippen LogP contribution in [0.2, 0.25) is 0 Å². The van der Waals surface area contributed by atoms with Crippen LogP contribution in [-0.2, 0) is 21.2 Å². The van der Waals surface area contributed by atoms with Gasteiger partial charge in [0.15, 0.2) is 11.0 Å². The number of amides is 1. The SMILES string of the molecule is Cc1nc(NC(=O)C2=NCCN2)sc1Cc1ccc(S(N)(=O)=O)cc1. The molecule has 0 spiro atoms. The Morgan fingerprint density at radius 3 is 2.68 bits per heavy atom. The van der Waals surface area contributed by atoms with Crippen LogP contribution < -0.4 is 15.8 Å². The molecule has 1 aliphatic rings. The second-order valence-electron chi connectivity index (χ2n) is 5.50. The number of carbonyl (C=O) groups is 1. The molecule has 0 bridgehead atoms. The van der Waals surface area contributed by atoms with Crippen molar-refractivity contribution in [2.75, 3.05) is 18.4 Å². The van der Waals surface area contributed by atoms with Gasteiger partial charge in [0.25, 0.3) is 5.91 Å². The van der Waals surface area contributed by atoms with Crippen molar-refractivity contribution in [3.05, 3.63) is 40.4 Å². The van der Waals surface area contributed by atoms with Gasteiger partial charge in [-0.15, -0.1) is 11.3 Å². The largest absolute Gasteiger partial charge is 0.364 e. The summed E-state index contributed by atoms with van der Waals surface area (Å²) < 4.78 is 22.6. The molecule has 10 heteroatoms. The van der Waals surface area contributed by atoms with Crippen LogP contribution in [0.3, 0.4) is 0 Å². The maximum Gasteiger partial charge on any atom is 0.292 e. The van der Waals surface area contributed by atoms with Gasteiger partial charge in [-0.25, -0.2) is 18.5 Å². The lowest BCUT2D eigenvalue weighted by molar-refractivity contribution is -0.110. The van der Waals surface area contributed by atoms with Crippen LogP contribution in [0, 0.1) is 6.92 Å². The first kappa shape index (κ1) is 17.5. The van der Waals surface area contributed by atoms with Gasteiger partial charge in [0.05, 0.1) is 17.1 Å². The minimum Gasteiger partial charge on any atom is -0.364 e. The Kier molecular flexibility index (Phi) is 4.84. The first-order valence-corrected chi connectivity index (χ1v) is 9.87. The molecule has 0 unspecified atom stereocenters. The van der Waals surface area contributed by atoms with Crippen LogP contribution in [0.1, 0.15) is 16.1 Å². The Hall–Kier alpha value is -2.30. The molecule has 0 fully saturated rings. The molecule has 25 heavy (non-hydrogen) atoms. The van der Waals surface area contributed by atoms with E-state index in [2.05, 4.69) is 20.6 Å². The lowest BCUT2D eigenvalue weighted by atomic mass is 10.1. The summed E-state index contributed by atoms with van der Waals surface area (Å²) in [6.07, 6.45) is 0.587. The monoisotopic (exact) mass is 379 g/mol. The summed E-state index contributed by atoms with van der Waals surface area (Å²) in [4.78, 5) is 21.5. The summed E-state index contributed by atoms with van der Waals surface area (Å²) in [6.45, 7) is 3.13. The van der Waals surface area contributed by atoms with Crippen molar-refractivity contribution in [2.45, 2.75) is 18.2 Å². The van der Waals surface area contributed by atoms with Crippen molar-refractivity contribution >= 4 is 38.2 Å². The number of hydrogen-bond donors (Lipinski definition) is 3. The Bertz CT molecular complexity index is 933. The fourth-order valence-electron chi connectivity index (χ4n) is 2.33. The second kappa shape index (κ2) is 6.90. The Morgan fingerprint density at radius 1 is 1.36 bits per heavy atom. The van der Waals surface area contributed by atoms with Gasteiger partial charge in [-0.05, 0) is 24.6 Å². The van der Waals surface area contributed by atoms with E-state index in [1.165, 1.54) is 23.5 Å². The molecule has 4 N–H and O–H groups in total. The number of carbonyl (C=O) groups excluding carboxylic acids is 1. The normalized spacial score (nSPS) is 14.1. The molecule has 1 aromatic carbocycles. The van der Waals surface area contributed by atoms with Crippen LogP contribution in [0.4, 0.5) is 5.13 Å². The summed E-state index contributed by atoms with van der Waals surface area (Å²) in [6, 6.07) is 6.39. The van der Waals surface area contributed by atoms with Gasteiger partial charge >= 0.3 is 0 Å². The lowest BCUT2D eigenvalue weighted by Gasteiger charge is -2.02. The zero-order valence-corrected chi connectivity index (χ0v) is 15.1. The molecule has 2 aromatic rings. The van der Waals surface area contributed by atoms with Gasteiger partial charge in [-0.1, -0.05) is 12.1 Å². The van der Waals surface area contributed by atoms with Crippen LogP contribution >= 0.6 is 11.3 Å². The number of benzene rings is 1. The molecule has 132 valence electrons. The van der Waals surface area contributed by atoms with Crippen LogP contribution in [0.15, 0.2) is 34.2 Å². The Morgan fingerprint density at radius 2 is 2.08 bits per heavy atom. The van der Waals surface area contributed by atoms with Crippen molar-refractivity contribution < 1.29 is 13.2 Å². The number of rotatable bonds is 5. The van der Waals surface area contributed by atoms with Gasteiger partial charge in [-0.3, -0.25) is 15.1 Å². The summed E-state index contributed by atoms with van der Waals surface area (Å²) in [5, 5.41) is 11.3. The zero-order chi connectivity index (χ0) is 18.0. The summed E-state index contributed by atoms with van der Waals surface area (Å²) in [5.41, 5.74) is 1.75. The summed E-state index contributed by atoms with van der Waals surface area (Å²) in [5.74, 6) is 0.0308. The maximum atomic E-state index is 12.0. The first-order valence-electron chi connectivity index (χ1n) is 7.50. The van der Waals surface area contributed by atoms with Gasteiger partial charge in [-0.2, -0.15) is 0 Å². The topological polar surface area (TPSA) is 127 Å². The number of nitrogens with one attached hydrogen (secondary N) is 2. The molecular weight excluding hydrogens is 362 g/mol. The average molecular weight is 379 g/mol. The van der Waals surface area contributed by atoms with Crippen molar-refractivity contribution in [2.24, 2.45) is 10.1 Å². The second-order valence-corrected chi connectivity index (χ2v) is 8.15. The van der Waals surface area contributed by atoms with E-state index >= 15 is 0 Å². The number of amidine groups is 1. The lowest BCUT2D eigenvalue weighted by Crippen LogP contribution is -2.32. The highest BCUT2D eigenvalue weighted by Crippen LogP contribution is 2.25. The smallest absolute Gasteiger partial charge is 0.292 e. The number of nitrogens with two attached hydrogens (primary N) is 1. The van der Waals surface area contributed by atoms with Gasteiger partial charge in [0, 0.05) is 17.8 Å². The molecule has 8 nitrogen and oxygen atoms in total. The molecule has 1 amide bonds. The van der Waals surface area contributed by atoms with E-state index in [1.54, 1.807) is 12.1 Å². The number of thiazole rings is 1. The van der Waals surface area contributed by atoms with E-state index in [0.717, 1.165) is 16.1 Å². The van der Waals surface area contributed by atoms with E-state index in [9.17, 15) is 13.2 Å². The first-order chi connectivity index (χ1) is 11.8. The van der Waals surface area contributed by atoms with Gasteiger partial charge in [0.2, 0.25) is 10.0 Å². The third-order valence-corrected chi connectivity index (χ3v) is 5.62. The number of aryl methyl sites for hydroxylation is 1. The van der Waals surface area contributed by atoms with Crippen molar-refractivity contribution in [3.8, 4) is 0 Å². The van der Waals surface area contributed by atoms with E-state index in [1.807, 2.05) is 6.92 Å². The molecule has 0 aliphatic carbocycles. The van der Waals surface area contributed by atoms with Crippen molar-refractivity contribution in [1.82, 2.24) is 10.3 Å². The van der Waals surface area contributed by atoms with E-state index in [4.69, 9.17) is 5.14 Å². The fourth-order valence-corrected chi connectivity index (χ4v) is 3.84. The Labute approximate surface area is 149 Å². The minimum absolute atomic E-state index is 0.0788. The summed E-state index contributed by atoms with van der Waals surface area (Å²) >= 11 is 1.38. The average Bonchev–Trinajstić information content (AvgIpc) is 3.18. The third kappa shape index (κ3) is 4.21. The van der Waals surface area contributed by atoms with E-state index < -0.39 is 10.0 Å². The number of aromatic nitrogens is 1. The minimum atomic E-state index is -3.69. The number of aliphatic imine (C=N–C) groups is 1. The fraction of sp³-hybridized carbons (Fsp3) is 0.267. The van der Waals surface area contributed by atoms with E-state index in [-0.39, 0.29) is 10.8 Å². The number of anilines is 1. The molecule has 0 saturated carbocycles. The Balaban J connectivity index is 1.71. The molecule has 0 saturated heterocycles. The molecule has 0 atom stereocenters. The molecule has 3 rings (SSSR count). The van der Waals surface area contributed by atoms with Gasteiger partial charge < -0.3 is 5.32 Å². The predicted molar refractivity (Wildman–Crippen MR) is 96.4 cm³/mol. The maximum absolute atomic E-state index is 12.0. The highest BCUT2D eigenvalue weighted by atomic mass is 32.2. The van der Waals surface area contributed by atoms with Crippen LogP contribution in [-0.4, -0.2) is 38.2 Å². The molecule has 1 aromatic heterocycles. The number of sulfonamides is 1. The van der Waals surface area contributed by atoms with Gasteiger partial charge in [0.1, 0.15) is 0 Å². The van der Waals surface area contributed by atoms with E-state index in [0.29, 0.717) is 30.5 Å². The quantitative estimate of drug-likeness (QED) is 0.702. The number of primary sulfonamides is 1. The molecule has 2 heterocycles. The molecule has 0 radical (unpaired) electrons. The highest BCUT2D eigenvalue weighted by Gasteiger charge is 2.17. The zero-order valence-electron chi connectivity index (χ0n) is 13.4.